The summed E-state index contributed by atoms with van der Waals surface area (Å²) in [6, 6.07) is 25.1. The number of imide groups is 1. The van der Waals surface area contributed by atoms with E-state index in [2.05, 4.69) is 27.7 Å². The second kappa shape index (κ2) is 9.83. The van der Waals surface area contributed by atoms with Crippen molar-refractivity contribution in [2.75, 3.05) is 27.3 Å². The van der Waals surface area contributed by atoms with E-state index in [1.165, 1.54) is 4.90 Å². The molecule has 0 spiro atoms. The highest BCUT2D eigenvalue weighted by Gasteiger charge is 2.58. The molecule has 0 saturated carbocycles. The molecule has 192 valence electrons. The Labute approximate surface area is 219 Å². The van der Waals surface area contributed by atoms with E-state index in [9.17, 15) is 9.59 Å². The Morgan fingerprint density at radius 3 is 1.59 bits per heavy atom. The smallest absolute Gasteiger partial charge is 0.275 e. The summed E-state index contributed by atoms with van der Waals surface area (Å²) in [6.45, 7) is 9.29. The molecule has 1 atom stereocenters. The Morgan fingerprint density at radius 2 is 1.16 bits per heavy atom. The van der Waals surface area contributed by atoms with Crippen molar-refractivity contribution in [3.63, 3.8) is 0 Å². The van der Waals surface area contributed by atoms with Crippen LogP contribution in [-0.4, -0.2) is 30.6 Å². The summed E-state index contributed by atoms with van der Waals surface area (Å²) in [6.07, 6.45) is -0.0766. The zero-order chi connectivity index (χ0) is 26.3. The number of carbonyl (C=O) groups excluding carboxylic acids is 2. The highest BCUT2D eigenvalue weighted by atomic mass is 31.2. The summed E-state index contributed by atoms with van der Waals surface area (Å²) in [5.41, 5.74) is 3.23. The van der Waals surface area contributed by atoms with E-state index in [0.717, 1.165) is 22.5 Å². The van der Waals surface area contributed by atoms with Crippen LogP contribution in [0, 0.1) is 0 Å². The van der Waals surface area contributed by atoms with Crippen LogP contribution < -0.4 is 14.2 Å². The molecule has 0 bridgehead atoms. The third-order valence-electron chi connectivity index (χ3n) is 7.42. The van der Waals surface area contributed by atoms with Crippen molar-refractivity contribution in [1.29, 1.82) is 0 Å². The standard InChI is InChI=1S/C30H34N3O3P/c1-21(2)25-16-11-17-26(22(3)4)29(25)33-28(34)20-27(30(33)35)37(36)31(23-12-7-5-8-13-23)18-19-32(37)24-14-9-6-10-15-24/h5-17,21-22,27H,18-20H2,1-4H3. The molecule has 7 heteroatoms. The van der Waals surface area contributed by atoms with Gasteiger partial charge in [-0.15, -0.1) is 0 Å². The van der Waals surface area contributed by atoms with Crippen molar-refractivity contribution in [2.24, 2.45) is 0 Å². The van der Waals surface area contributed by atoms with E-state index in [-0.39, 0.29) is 30.1 Å². The van der Waals surface area contributed by atoms with Crippen LogP contribution in [0.3, 0.4) is 0 Å². The van der Waals surface area contributed by atoms with Gasteiger partial charge in [-0.3, -0.25) is 14.2 Å². The lowest BCUT2D eigenvalue weighted by atomic mass is 9.92. The Morgan fingerprint density at radius 1 is 0.703 bits per heavy atom. The predicted molar refractivity (Wildman–Crippen MR) is 151 cm³/mol. The van der Waals surface area contributed by atoms with Gasteiger partial charge in [0.25, 0.3) is 7.44 Å². The maximum atomic E-state index is 15.3. The first kappa shape index (κ1) is 25.3. The Bertz CT molecular complexity index is 1280. The molecule has 6 nitrogen and oxygen atoms in total. The van der Waals surface area contributed by atoms with Crippen LogP contribution in [0.15, 0.2) is 78.9 Å². The molecule has 0 aliphatic carbocycles. The molecular weight excluding hydrogens is 481 g/mol. The van der Waals surface area contributed by atoms with Gasteiger partial charge in [0.2, 0.25) is 11.8 Å². The molecule has 1 unspecified atom stereocenters. The molecule has 2 saturated heterocycles. The largest absolute Gasteiger partial charge is 0.304 e. The second-order valence-electron chi connectivity index (χ2n) is 10.4. The number of para-hydroxylation sites is 3. The maximum absolute atomic E-state index is 15.3. The molecule has 2 heterocycles. The number of rotatable bonds is 6. The van der Waals surface area contributed by atoms with Crippen LogP contribution in [0.1, 0.15) is 57.1 Å². The van der Waals surface area contributed by atoms with Crippen molar-refractivity contribution in [2.45, 2.75) is 51.6 Å². The molecule has 3 aromatic carbocycles. The van der Waals surface area contributed by atoms with Crippen molar-refractivity contribution < 1.29 is 14.2 Å². The third-order valence-corrected chi connectivity index (χ3v) is 10.9. The number of carbonyl (C=O) groups is 2. The fourth-order valence-electron chi connectivity index (χ4n) is 5.62. The summed E-state index contributed by atoms with van der Waals surface area (Å²) in [5.74, 6) is -0.407. The van der Waals surface area contributed by atoms with Crippen molar-refractivity contribution in [3.05, 3.63) is 90.0 Å². The first-order valence-electron chi connectivity index (χ1n) is 13.0. The van der Waals surface area contributed by atoms with Crippen LogP contribution in [-0.2, 0) is 14.2 Å². The molecule has 0 N–H and O–H groups in total. The van der Waals surface area contributed by atoms with Gasteiger partial charge in [-0.25, -0.2) is 4.90 Å². The van der Waals surface area contributed by atoms with Gasteiger partial charge in [0.15, 0.2) is 0 Å². The minimum Gasteiger partial charge on any atom is -0.304 e. The van der Waals surface area contributed by atoms with Gasteiger partial charge in [-0.2, -0.15) is 0 Å². The molecule has 2 aliphatic rings. The lowest BCUT2D eigenvalue weighted by Crippen LogP contribution is -2.37. The number of hydrogen-bond donors (Lipinski definition) is 0. The van der Waals surface area contributed by atoms with Gasteiger partial charge in [0, 0.05) is 30.9 Å². The van der Waals surface area contributed by atoms with Crippen molar-refractivity contribution in [3.8, 4) is 0 Å². The fraction of sp³-hybridized carbons (Fsp3) is 0.333. The molecule has 2 aliphatic heterocycles. The van der Waals surface area contributed by atoms with Crippen LogP contribution in [0.2, 0.25) is 0 Å². The molecule has 0 radical (unpaired) electrons. The highest BCUT2D eigenvalue weighted by molar-refractivity contribution is 7.69. The molecule has 0 aromatic heterocycles. The Kier molecular flexibility index (Phi) is 6.72. The quantitative estimate of drug-likeness (QED) is 0.267. The summed E-state index contributed by atoms with van der Waals surface area (Å²) in [4.78, 5) is 29.3. The predicted octanol–water partition coefficient (Wildman–Crippen LogP) is 6.79. The van der Waals surface area contributed by atoms with Crippen molar-refractivity contribution >= 4 is 36.3 Å². The van der Waals surface area contributed by atoms with E-state index in [0.29, 0.717) is 18.8 Å². The van der Waals surface area contributed by atoms with E-state index in [4.69, 9.17) is 0 Å². The van der Waals surface area contributed by atoms with Crippen LogP contribution in [0.25, 0.3) is 0 Å². The maximum Gasteiger partial charge on any atom is 0.275 e. The SMILES string of the molecule is CC(C)c1cccc(C(C)C)c1N1C(=O)CC(P2(=O)N(c3ccccc3)CCN2c2ccccc2)C1=O. The summed E-state index contributed by atoms with van der Waals surface area (Å²) in [7, 11) is -3.56. The van der Waals surface area contributed by atoms with Gasteiger partial charge in [0.1, 0.15) is 5.66 Å². The summed E-state index contributed by atoms with van der Waals surface area (Å²) < 4.78 is 19.0. The van der Waals surface area contributed by atoms with Crippen LogP contribution >= 0.6 is 7.44 Å². The van der Waals surface area contributed by atoms with Gasteiger partial charge >= 0.3 is 0 Å². The van der Waals surface area contributed by atoms with E-state index < -0.39 is 13.1 Å². The Hall–Kier alpha value is -3.37. The average molecular weight is 516 g/mol. The summed E-state index contributed by atoms with van der Waals surface area (Å²) in [5, 5.41) is 0. The molecule has 5 rings (SSSR count). The number of amides is 2. The zero-order valence-electron chi connectivity index (χ0n) is 21.9. The minimum atomic E-state index is -3.56. The van der Waals surface area contributed by atoms with Gasteiger partial charge in [-0.1, -0.05) is 82.3 Å². The molecule has 37 heavy (non-hydrogen) atoms. The monoisotopic (exact) mass is 515 g/mol. The van der Waals surface area contributed by atoms with E-state index in [1.54, 1.807) is 0 Å². The Balaban J connectivity index is 1.64. The second-order valence-corrected chi connectivity index (χ2v) is 13.2. The number of anilines is 3. The number of benzene rings is 3. The number of nitrogens with zero attached hydrogens (tertiary/aromatic N) is 3. The van der Waals surface area contributed by atoms with Gasteiger partial charge in [0.05, 0.1) is 5.69 Å². The topological polar surface area (TPSA) is 60.9 Å². The van der Waals surface area contributed by atoms with Crippen LogP contribution in [0.5, 0.6) is 0 Å². The van der Waals surface area contributed by atoms with Crippen molar-refractivity contribution in [1.82, 2.24) is 0 Å². The van der Waals surface area contributed by atoms with E-state index >= 15 is 4.57 Å². The molecular formula is C30H34N3O3P. The minimum absolute atomic E-state index is 0.0766. The van der Waals surface area contributed by atoms with Gasteiger partial charge < -0.3 is 9.34 Å². The molecule has 3 aromatic rings. The van der Waals surface area contributed by atoms with Gasteiger partial charge in [-0.05, 0) is 47.2 Å². The normalized spacial score (nSPS) is 19.5. The lowest BCUT2D eigenvalue weighted by Gasteiger charge is -2.35. The zero-order valence-corrected chi connectivity index (χ0v) is 22.8. The number of hydrogen-bond acceptors (Lipinski definition) is 3. The highest BCUT2D eigenvalue weighted by Crippen LogP contribution is 2.65. The van der Waals surface area contributed by atoms with E-state index in [1.807, 2.05) is 88.2 Å². The molecule has 2 amide bonds. The lowest BCUT2D eigenvalue weighted by molar-refractivity contribution is -0.121. The first-order chi connectivity index (χ1) is 17.7. The van der Waals surface area contributed by atoms with Crippen LogP contribution in [0.4, 0.5) is 17.1 Å². The first-order valence-corrected chi connectivity index (χ1v) is 14.7. The average Bonchev–Trinajstić information content (AvgIpc) is 3.40. The fourth-order valence-corrected chi connectivity index (χ4v) is 9.03. The summed E-state index contributed by atoms with van der Waals surface area (Å²) >= 11 is 0. The third kappa shape index (κ3) is 4.18. The molecule has 2 fully saturated rings.